The standard InChI is InChI=1S/C15H16ClN3O2/c1-10-13(18-9-8-17-10)15(2,14(20)21-3)19-12-7-5-4-6-11(12)16/h4-9,19H,1-3H3. The number of para-hydroxylation sites is 1. The van der Waals surface area contributed by atoms with Crippen molar-refractivity contribution in [3.63, 3.8) is 0 Å². The number of benzene rings is 1. The van der Waals surface area contributed by atoms with Crippen LogP contribution in [0.2, 0.25) is 5.02 Å². The van der Waals surface area contributed by atoms with Gasteiger partial charge in [0.05, 0.1) is 29.2 Å². The quantitative estimate of drug-likeness (QED) is 0.880. The Kier molecular flexibility index (Phi) is 4.43. The number of nitrogens with zero attached hydrogens (tertiary/aromatic N) is 2. The Hall–Kier alpha value is -2.14. The number of nitrogens with one attached hydrogen (secondary N) is 1. The SMILES string of the molecule is COC(=O)C(C)(Nc1ccccc1Cl)c1nccnc1C. The van der Waals surface area contributed by atoms with Crippen LogP contribution in [0.3, 0.4) is 0 Å². The fourth-order valence-corrected chi connectivity index (χ4v) is 2.32. The second-order valence-corrected chi connectivity index (χ2v) is 5.12. The first-order chi connectivity index (χ1) is 9.99. The molecule has 1 aromatic carbocycles. The van der Waals surface area contributed by atoms with E-state index in [0.29, 0.717) is 22.1 Å². The molecule has 1 heterocycles. The van der Waals surface area contributed by atoms with Crippen molar-refractivity contribution in [2.75, 3.05) is 12.4 Å². The van der Waals surface area contributed by atoms with E-state index in [1.54, 1.807) is 32.2 Å². The van der Waals surface area contributed by atoms with Crippen molar-refractivity contribution >= 4 is 23.3 Å². The smallest absolute Gasteiger partial charge is 0.337 e. The zero-order chi connectivity index (χ0) is 15.5. The number of ether oxygens (including phenoxy) is 1. The molecule has 5 nitrogen and oxygen atoms in total. The van der Waals surface area contributed by atoms with Crippen LogP contribution >= 0.6 is 11.6 Å². The van der Waals surface area contributed by atoms with Crippen LogP contribution < -0.4 is 5.32 Å². The molecule has 0 saturated carbocycles. The molecule has 6 heteroatoms. The van der Waals surface area contributed by atoms with E-state index in [9.17, 15) is 4.79 Å². The summed E-state index contributed by atoms with van der Waals surface area (Å²) in [6.07, 6.45) is 3.11. The number of anilines is 1. The fourth-order valence-electron chi connectivity index (χ4n) is 2.14. The first kappa shape index (κ1) is 15.3. The molecule has 0 aliphatic heterocycles. The van der Waals surface area contributed by atoms with Crippen molar-refractivity contribution in [2.45, 2.75) is 19.4 Å². The Morgan fingerprint density at radius 3 is 2.57 bits per heavy atom. The molecule has 1 atom stereocenters. The van der Waals surface area contributed by atoms with Crippen LogP contribution in [0.1, 0.15) is 18.3 Å². The van der Waals surface area contributed by atoms with Crippen LogP contribution in [-0.4, -0.2) is 23.0 Å². The van der Waals surface area contributed by atoms with Gasteiger partial charge < -0.3 is 10.1 Å². The van der Waals surface area contributed by atoms with Crippen LogP contribution in [-0.2, 0) is 15.1 Å². The molecule has 1 unspecified atom stereocenters. The summed E-state index contributed by atoms with van der Waals surface area (Å²) in [4.78, 5) is 20.8. The first-order valence-electron chi connectivity index (χ1n) is 6.38. The summed E-state index contributed by atoms with van der Waals surface area (Å²) in [7, 11) is 1.33. The van der Waals surface area contributed by atoms with E-state index >= 15 is 0 Å². The summed E-state index contributed by atoms with van der Waals surface area (Å²) in [5, 5.41) is 3.63. The lowest BCUT2D eigenvalue weighted by atomic mass is 9.95. The molecule has 0 radical (unpaired) electrons. The number of hydrogen-bond acceptors (Lipinski definition) is 5. The zero-order valence-corrected chi connectivity index (χ0v) is 12.8. The molecular weight excluding hydrogens is 290 g/mol. The summed E-state index contributed by atoms with van der Waals surface area (Å²) in [6.45, 7) is 3.48. The molecule has 21 heavy (non-hydrogen) atoms. The van der Waals surface area contributed by atoms with Crippen LogP contribution in [0, 0.1) is 6.92 Å². The van der Waals surface area contributed by atoms with Crippen LogP contribution in [0.25, 0.3) is 0 Å². The highest BCUT2D eigenvalue weighted by Gasteiger charge is 2.40. The van der Waals surface area contributed by atoms with Crippen molar-refractivity contribution in [1.29, 1.82) is 0 Å². The first-order valence-corrected chi connectivity index (χ1v) is 6.76. The van der Waals surface area contributed by atoms with Gasteiger partial charge in [-0.2, -0.15) is 0 Å². The second kappa shape index (κ2) is 6.10. The van der Waals surface area contributed by atoms with Gasteiger partial charge >= 0.3 is 5.97 Å². The van der Waals surface area contributed by atoms with Crippen molar-refractivity contribution in [1.82, 2.24) is 9.97 Å². The minimum absolute atomic E-state index is 0.467. The second-order valence-electron chi connectivity index (χ2n) is 4.71. The average molecular weight is 306 g/mol. The lowest BCUT2D eigenvalue weighted by Crippen LogP contribution is -2.43. The minimum atomic E-state index is -1.18. The molecule has 0 aliphatic carbocycles. The normalized spacial score (nSPS) is 13.3. The molecule has 0 fully saturated rings. The van der Waals surface area contributed by atoms with Crippen molar-refractivity contribution < 1.29 is 9.53 Å². The predicted molar refractivity (Wildman–Crippen MR) is 81.2 cm³/mol. The Labute approximate surface area is 128 Å². The van der Waals surface area contributed by atoms with Crippen molar-refractivity contribution in [2.24, 2.45) is 0 Å². The average Bonchev–Trinajstić information content (AvgIpc) is 2.49. The number of aryl methyl sites for hydroxylation is 1. The fraction of sp³-hybridized carbons (Fsp3) is 0.267. The Bertz CT molecular complexity index is 663. The van der Waals surface area contributed by atoms with Crippen LogP contribution in [0.5, 0.6) is 0 Å². The summed E-state index contributed by atoms with van der Waals surface area (Å²) < 4.78 is 4.92. The Morgan fingerprint density at radius 2 is 1.95 bits per heavy atom. The number of methoxy groups -OCH3 is 1. The van der Waals surface area contributed by atoms with Crippen molar-refractivity contribution in [3.05, 3.63) is 53.1 Å². The number of carbonyl (C=O) groups excluding carboxylic acids is 1. The number of halogens is 1. The van der Waals surface area contributed by atoms with Gasteiger partial charge in [-0.1, -0.05) is 23.7 Å². The monoisotopic (exact) mass is 305 g/mol. The van der Waals surface area contributed by atoms with Gasteiger partial charge in [0.25, 0.3) is 0 Å². The highest BCUT2D eigenvalue weighted by Crippen LogP contribution is 2.31. The number of carbonyl (C=O) groups is 1. The number of hydrogen-bond donors (Lipinski definition) is 1. The Balaban J connectivity index is 2.51. The molecule has 0 aliphatic rings. The molecule has 0 saturated heterocycles. The third-order valence-electron chi connectivity index (χ3n) is 3.21. The summed E-state index contributed by atoms with van der Waals surface area (Å²) in [5.41, 5.74) is 0.580. The highest BCUT2D eigenvalue weighted by atomic mass is 35.5. The van der Waals surface area contributed by atoms with Gasteiger partial charge in [0.2, 0.25) is 0 Å². The van der Waals surface area contributed by atoms with Gasteiger partial charge in [-0.15, -0.1) is 0 Å². The van der Waals surface area contributed by atoms with Crippen LogP contribution in [0.4, 0.5) is 5.69 Å². The molecule has 0 spiro atoms. The third-order valence-corrected chi connectivity index (χ3v) is 3.54. The molecule has 110 valence electrons. The van der Waals surface area contributed by atoms with E-state index in [2.05, 4.69) is 15.3 Å². The van der Waals surface area contributed by atoms with Gasteiger partial charge in [0, 0.05) is 12.4 Å². The van der Waals surface area contributed by atoms with E-state index in [-0.39, 0.29) is 0 Å². The molecule has 0 amide bonds. The number of rotatable bonds is 4. The van der Waals surface area contributed by atoms with Gasteiger partial charge in [-0.05, 0) is 26.0 Å². The topological polar surface area (TPSA) is 64.1 Å². The van der Waals surface area contributed by atoms with E-state index in [1.807, 2.05) is 12.1 Å². The zero-order valence-electron chi connectivity index (χ0n) is 12.1. The summed E-state index contributed by atoms with van der Waals surface area (Å²) in [5.74, 6) is -0.467. The van der Waals surface area contributed by atoms with Gasteiger partial charge in [0.15, 0.2) is 5.54 Å². The molecule has 0 bridgehead atoms. The molecule has 2 rings (SSSR count). The minimum Gasteiger partial charge on any atom is -0.467 e. The molecule has 2 aromatic rings. The van der Waals surface area contributed by atoms with Gasteiger partial charge in [-0.25, -0.2) is 4.79 Å². The molecule has 1 aromatic heterocycles. The summed E-state index contributed by atoms with van der Waals surface area (Å²) >= 11 is 6.15. The number of esters is 1. The predicted octanol–water partition coefficient (Wildman–Crippen LogP) is 2.94. The van der Waals surface area contributed by atoms with Gasteiger partial charge in [0.1, 0.15) is 0 Å². The molecular formula is C15H16ClN3O2. The highest BCUT2D eigenvalue weighted by molar-refractivity contribution is 6.33. The lowest BCUT2D eigenvalue weighted by molar-refractivity contribution is -0.145. The van der Waals surface area contributed by atoms with Gasteiger partial charge in [-0.3, -0.25) is 9.97 Å². The van der Waals surface area contributed by atoms with E-state index < -0.39 is 11.5 Å². The van der Waals surface area contributed by atoms with E-state index in [1.165, 1.54) is 13.3 Å². The molecule has 1 N–H and O–H groups in total. The maximum Gasteiger partial charge on any atom is 0.337 e. The van der Waals surface area contributed by atoms with Crippen LogP contribution in [0.15, 0.2) is 36.7 Å². The van der Waals surface area contributed by atoms with E-state index in [4.69, 9.17) is 16.3 Å². The summed E-state index contributed by atoms with van der Waals surface area (Å²) in [6, 6.07) is 7.17. The van der Waals surface area contributed by atoms with E-state index in [0.717, 1.165) is 0 Å². The maximum absolute atomic E-state index is 12.3. The maximum atomic E-state index is 12.3. The Morgan fingerprint density at radius 1 is 1.29 bits per heavy atom. The largest absolute Gasteiger partial charge is 0.467 e. The number of aromatic nitrogens is 2. The third kappa shape index (κ3) is 2.97. The van der Waals surface area contributed by atoms with Crippen molar-refractivity contribution in [3.8, 4) is 0 Å². The lowest BCUT2D eigenvalue weighted by Gasteiger charge is -2.29.